The van der Waals surface area contributed by atoms with Crippen LogP contribution in [0.25, 0.3) is 0 Å². The van der Waals surface area contributed by atoms with Gasteiger partial charge in [0.05, 0.1) is 16.9 Å². The molecule has 1 aromatic carbocycles. The maximum atomic E-state index is 13.3. The Morgan fingerprint density at radius 3 is 2.64 bits per heavy atom. The summed E-state index contributed by atoms with van der Waals surface area (Å²) in [4.78, 5) is 16.9. The summed E-state index contributed by atoms with van der Waals surface area (Å²) in [6, 6.07) is 4.32. The third-order valence-electron chi connectivity index (χ3n) is 5.50. The van der Waals surface area contributed by atoms with Crippen LogP contribution in [0.15, 0.2) is 41.8 Å². The fourth-order valence-electron chi connectivity index (χ4n) is 4.11. The van der Waals surface area contributed by atoms with Crippen LogP contribution in [0.4, 0.5) is 11.4 Å². The molecule has 2 aliphatic heterocycles. The smallest absolute Gasteiger partial charge is 0.270 e. The average Bonchev–Trinajstić information content (AvgIpc) is 3.44. The highest BCUT2D eigenvalue weighted by molar-refractivity contribution is 7.89. The van der Waals surface area contributed by atoms with E-state index in [2.05, 4.69) is 9.88 Å². The Hall–Kier alpha value is -2.46. The number of benzene rings is 1. The Bertz CT molecular complexity index is 954. The van der Waals surface area contributed by atoms with Crippen LogP contribution in [0.3, 0.4) is 0 Å². The molecule has 0 saturated carbocycles. The van der Waals surface area contributed by atoms with Gasteiger partial charge in [-0.3, -0.25) is 10.1 Å². The fourth-order valence-corrected chi connectivity index (χ4v) is 5.84. The van der Waals surface area contributed by atoms with Gasteiger partial charge in [0.2, 0.25) is 10.0 Å². The third kappa shape index (κ3) is 3.49. The molecule has 150 valence electrons. The summed E-state index contributed by atoms with van der Waals surface area (Å²) in [7, 11) is -3.78. The Balaban J connectivity index is 1.74. The highest BCUT2D eigenvalue weighted by atomic mass is 32.2. The van der Waals surface area contributed by atoms with Gasteiger partial charge in [-0.1, -0.05) is 0 Å². The van der Waals surface area contributed by atoms with E-state index >= 15 is 0 Å². The number of nitro groups is 1. The lowest BCUT2D eigenvalue weighted by Gasteiger charge is -2.29. The number of rotatable bonds is 6. The van der Waals surface area contributed by atoms with Gasteiger partial charge in [-0.25, -0.2) is 13.4 Å². The minimum Gasteiger partial charge on any atom is -0.366 e. The molecule has 2 fully saturated rings. The van der Waals surface area contributed by atoms with Crippen molar-refractivity contribution >= 4 is 21.4 Å². The molecule has 0 N–H and O–H groups in total. The number of sulfonamides is 1. The first kappa shape index (κ1) is 18.9. The monoisotopic (exact) mass is 405 g/mol. The van der Waals surface area contributed by atoms with Gasteiger partial charge in [-0.05, 0) is 31.7 Å². The summed E-state index contributed by atoms with van der Waals surface area (Å²) in [6.45, 7) is 2.34. The maximum absolute atomic E-state index is 13.3. The van der Waals surface area contributed by atoms with Crippen molar-refractivity contribution in [3.05, 3.63) is 47.0 Å². The second-order valence-electron chi connectivity index (χ2n) is 7.27. The van der Waals surface area contributed by atoms with Crippen LogP contribution in [0, 0.1) is 10.1 Å². The highest BCUT2D eigenvalue weighted by Crippen LogP contribution is 2.36. The van der Waals surface area contributed by atoms with Crippen molar-refractivity contribution in [3.8, 4) is 0 Å². The molecule has 2 aromatic rings. The van der Waals surface area contributed by atoms with Crippen molar-refractivity contribution in [2.45, 2.75) is 43.2 Å². The van der Waals surface area contributed by atoms with E-state index in [4.69, 9.17) is 0 Å². The molecule has 0 amide bonds. The number of aromatic nitrogens is 2. The zero-order valence-corrected chi connectivity index (χ0v) is 16.3. The minimum absolute atomic E-state index is 0.0427. The lowest BCUT2D eigenvalue weighted by Crippen LogP contribution is -2.35. The van der Waals surface area contributed by atoms with Crippen molar-refractivity contribution in [1.29, 1.82) is 0 Å². The highest BCUT2D eigenvalue weighted by Gasteiger charge is 2.35. The van der Waals surface area contributed by atoms with E-state index in [1.165, 1.54) is 16.4 Å². The van der Waals surface area contributed by atoms with Crippen molar-refractivity contribution in [2.24, 2.45) is 0 Å². The first-order chi connectivity index (χ1) is 13.5. The molecule has 2 saturated heterocycles. The van der Waals surface area contributed by atoms with Crippen molar-refractivity contribution in [2.75, 3.05) is 24.5 Å². The van der Waals surface area contributed by atoms with E-state index in [0.717, 1.165) is 32.2 Å². The topological polar surface area (TPSA) is 102 Å². The van der Waals surface area contributed by atoms with Crippen molar-refractivity contribution in [3.63, 3.8) is 0 Å². The summed E-state index contributed by atoms with van der Waals surface area (Å²) in [6.07, 6.45) is 8.85. The Morgan fingerprint density at radius 2 is 1.96 bits per heavy atom. The predicted octanol–water partition coefficient (Wildman–Crippen LogP) is 2.24. The van der Waals surface area contributed by atoms with Gasteiger partial charge in [0, 0.05) is 56.7 Å². The van der Waals surface area contributed by atoms with Gasteiger partial charge in [0.1, 0.15) is 4.90 Å². The molecule has 0 radical (unpaired) electrons. The number of nitrogens with zero attached hydrogens (tertiary/aromatic N) is 5. The Morgan fingerprint density at radius 1 is 1.18 bits per heavy atom. The molecule has 2 aliphatic rings. The number of hydrogen-bond donors (Lipinski definition) is 0. The Labute approximate surface area is 163 Å². The molecule has 3 heterocycles. The molecule has 28 heavy (non-hydrogen) atoms. The van der Waals surface area contributed by atoms with E-state index in [-0.39, 0.29) is 16.6 Å². The molecule has 1 aromatic heterocycles. The lowest BCUT2D eigenvalue weighted by atomic mass is 10.2. The van der Waals surface area contributed by atoms with E-state index < -0.39 is 14.9 Å². The van der Waals surface area contributed by atoms with Gasteiger partial charge >= 0.3 is 0 Å². The molecule has 9 nitrogen and oxygen atoms in total. The van der Waals surface area contributed by atoms with Gasteiger partial charge in [-0.15, -0.1) is 0 Å². The van der Waals surface area contributed by atoms with Crippen LogP contribution in [0.1, 0.15) is 25.7 Å². The van der Waals surface area contributed by atoms with Crippen LogP contribution in [-0.4, -0.2) is 52.9 Å². The fraction of sp³-hybridized carbons (Fsp3) is 0.500. The molecule has 1 atom stereocenters. The minimum atomic E-state index is -3.78. The number of hydrogen-bond acceptors (Lipinski definition) is 6. The number of imidazole rings is 1. The SMILES string of the molecule is O=[N+]([O-])c1ccc(N2CCCC2Cn2ccnc2)c(S(=O)(=O)N2CCCC2)c1. The molecule has 0 aliphatic carbocycles. The van der Waals surface area contributed by atoms with Crippen LogP contribution < -0.4 is 4.90 Å². The van der Waals surface area contributed by atoms with E-state index in [9.17, 15) is 18.5 Å². The van der Waals surface area contributed by atoms with Crippen LogP contribution in [-0.2, 0) is 16.6 Å². The number of non-ortho nitro benzene ring substituents is 1. The normalized spacial score (nSPS) is 20.7. The van der Waals surface area contributed by atoms with E-state index in [0.29, 0.717) is 25.3 Å². The first-order valence-corrected chi connectivity index (χ1v) is 10.9. The summed E-state index contributed by atoms with van der Waals surface area (Å²) in [5.74, 6) is 0. The second kappa shape index (κ2) is 7.51. The quantitative estimate of drug-likeness (QED) is 0.540. The molecule has 10 heteroatoms. The molecule has 0 spiro atoms. The third-order valence-corrected chi connectivity index (χ3v) is 7.43. The summed E-state index contributed by atoms with van der Waals surface area (Å²) < 4.78 is 30.0. The second-order valence-corrected chi connectivity index (χ2v) is 9.18. The molecular formula is C18H23N5O4S. The molecule has 1 unspecified atom stereocenters. The van der Waals surface area contributed by atoms with Crippen LogP contribution in [0.5, 0.6) is 0 Å². The van der Waals surface area contributed by atoms with E-state index in [1.54, 1.807) is 18.6 Å². The zero-order valence-electron chi connectivity index (χ0n) is 15.5. The lowest BCUT2D eigenvalue weighted by molar-refractivity contribution is -0.385. The standard InChI is InChI=1S/C18H23N5O4S/c24-23(25)15-5-6-17(18(12-15)28(26,27)21-8-1-2-9-21)22-10-3-4-16(22)13-20-11-7-19-14-20/h5-7,11-12,14,16H,1-4,8-10,13H2. The molecular weight excluding hydrogens is 382 g/mol. The van der Waals surface area contributed by atoms with Gasteiger partial charge in [-0.2, -0.15) is 4.31 Å². The Kier molecular flexibility index (Phi) is 5.07. The van der Waals surface area contributed by atoms with Crippen molar-refractivity contribution in [1.82, 2.24) is 13.9 Å². The largest absolute Gasteiger partial charge is 0.366 e. The average molecular weight is 405 g/mol. The van der Waals surface area contributed by atoms with E-state index in [1.807, 2.05) is 10.8 Å². The first-order valence-electron chi connectivity index (χ1n) is 9.48. The predicted molar refractivity (Wildman–Crippen MR) is 104 cm³/mol. The van der Waals surface area contributed by atoms with Gasteiger partial charge in [0.25, 0.3) is 5.69 Å². The summed E-state index contributed by atoms with van der Waals surface area (Å²) in [5.41, 5.74) is 0.354. The summed E-state index contributed by atoms with van der Waals surface area (Å²) >= 11 is 0. The molecule has 0 bridgehead atoms. The van der Waals surface area contributed by atoms with Crippen molar-refractivity contribution < 1.29 is 13.3 Å². The number of anilines is 1. The molecule has 4 rings (SSSR count). The number of nitro benzene ring substituents is 1. The maximum Gasteiger partial charge on any atom is 0.270 e. The van der Waals surface area contributed by atoms with Crippen LogP contribution in [0.2, 0.25) is 0 Å². The van der Waals surface area contributed by atoms with Crippen LogP contribution >= 0.6 is 0 Å². The van der Waals surface area contributed by atoms with Gasteiger partial charge in [0.15, 0.2) is 0 Å². The van der Waals surface area contributed by atoms with Gasteiger partial charge < -0.3 is 9.47 Å². The zero-order chi connectivity index (χ0) is 19.7. The summed E-state index contributed by atoms with van der Waals surface area (Å²) in [5, 5.41) is 11.3.